The van der Waals surface area contributed by atoms with Crippen molar-refractivity contribution in [3.63, 3.8) is 0 Å². The lowest BCUT2D eigenvalue weighted by molar-refractivity contribution is -0.157. The molecule has 1 heterocycles. The van der Waals surface area contributed by atoms with Gasteiger partial charge in [0, 0.05) is 23.6 Å². The summed E-state index contributed by atoms with van der Waals surface area (Å²) in [5, 5.41) is 9.06. The molecule has 2 unspecified atom stereocenters. The molecule has 0 aliphatic carbocycles. The summed E-state index contributed by atoms with van der Waals surface area (Å²) in [6.45, 7) is 3.82. The number of halogens is 1. The fraction of sp³-hybridized carbons (Fsp3) is 0.500. The molecule has 2 rings (SSSR count). The maximum Gasteiger partial charge on any atom is 0.334 e. The minimum Gasteiger partial charge on any atom is -0.479 e. The highest BCUT2D eigenvalue weighted by Crippen LogP contribution is 2.27. The van der Waals surface area contributed by atoms with Crippen LogP contribution in [0.4, 0.5) is 0 Å². The van der Waals surface area contributed by atoms with E-state index in [1.54, 1.807) is 0 Å². The maximum absolute atomic E-state index is 11.0. The summed E-state index contributed by atoms with van der Waals surface area (Å²) in [6.07, 6.45) is 0.242. The van der Waals surface area contributed by atoms with E-state index in [-0.39, 0.29) is 6.04 Å². The molecule has 0 amide bonds. The first-order chi connectivity index (χ1) is 9.11. The average Bonchev–Trinajstić information content (AvgIpc) is 2.42. The Hall–Kier alpha value is -0.910. The van der Waals surface area contributed by atoms with E-state index in [1.165, 1.54) is 5.56 Å². The number of benzene rings is 1. The van der Waals surface area contributed by atoms with Gasteiger partial charge in [0.15, 0.2) is 6.10 Å². The molecule has 2 atom stereocenters. The van der Waals surface area contributed by atoms with Gasteiger partial charge in [-0.05, 0) is 24.1 Å². The first-order valence-corrected chi connectivity index (χ1v) is 7.25. The smallest absolute Gasteiger partial charge is 0.334 e. The number of aliphatic carboxylic acids is 1. The van der Waals surface area contributed by atoms with Crippen LogP contribution in [0.5, 0.6) is 0 Å². The van der Waals surface area contributed by atoms with Gasteiger partial charge in [0.25, 0.3) is 0 Å². The van der Waals surface area contributed by atoms with Gasteiger partial charge in [-0.25, -0.2) is 4.79 Å². The standard InChI is InChI=1S/C14H18BrNO3/c1-2-12(10-3-5-11(15)6-4-10)16-7-8-19-13(9-16)14(17)18/h3-6,12-13H,2,7-9H2,1H3,(H,17,18). The molecule has 1 saturated heterocycles. The van der Waals surface area contributed by atoms with E-state index in [4.69, 9.17) is 9.84 Å². The lowest BCUT2D eigenvalue weighted by atomic mass is 10.0. The molecule has 1 aliphatic heterocycles. The monoisotopic (exact) mass is 327 g/mol. The Bertz CT molecular complexity index is 435. The Kier molecular flexibility index (Phi) is 4.96. The van der Waals surface area contributed by atoms with Crippen molar-refractivity contribution in [3.05, 3.63) is 34.3 Å². The third kappa shape index (κ3) is 3.55. The van der Waals surface area contributed by atoms with Crippen molar-refractivity contribution in [2.24, 2.45) is 0 Å². The Morgan fingerprint density at radius 1 is 1.53 bits per heavy atom. The molecular formula is C14H18BrNO3. The van der Waals surface area contributed by atoms with Crippen LogP contribution in [0, 0.1) is 0 Å². The molecule has 0 spiro atoms. The van der Waals surface area contributed by atoms with Gasteiger partial charge < -0.3 is 9.84 Å². The molecule has 1 aromatic carbocycles. The van der Waals surface area contributed by atoms with E-state index >= 15 is 0 Å². The van der Waals surface area contributed by atoms with Crippen molar-refractivity contribution in [1.29, 1.82) is 0 Å². The number of hydrogen-bond acceptors (Lipinski definition) is 3. The summed E-state index contributed by atoms with van der Waals surface area (Å²) in [6, 6.07) is 8.46. The Morgan fingerprint density at radius 2 is 2.21 bits per heavy atom. The van der Waals surface area contributed by atoms with E-state index in [9.17, 15) is 4.79 Å². The summed E-state index contributed by atoms with van der Waals surface area (Å²) >= 11 is 3.43. The second kappa shape index (κ2) is 6.50. The van der Waals surface area contributed by atoms with Gasteiger partial charge in [-0.15, -0.1) is 0 Å². The molecule has 1 aliphatic rings. The third-order valence-electron chi connectivity index (χ3n) is 3.46. The van der Waals surface area contributed by atoms with Gasteiger partial charge in [-0.2, -0.15) is 0 Å². The average molecular weight is 328 g/mol. The number of nitrogens with zero attached hydrogens (tertiary/aromatic N) is 1. The van der Waals surface area contributed by atoms with Crippen LogP contribution in [-0.2, 0) is 9.53 Å². The van der Waals surface area contributed by atoms with Crippen LogP contribution in [-0.4, -0.2) is 41.8 Å². The predicted molar refractivity (Wildman–Crippen MR) is 76.1 cm³/mol. The molecule has 0 radical (unpaired) electrons. The number of carboxylic acid groups (broad SMARTS) is 1. The largest absolute Gasteiger partial charge is 0.479 e. The molecule has 0 bridgehead atoms. The van der Waals surface area contributed by atoms with Crippen LogP contribution in [0.2, 0.25) is 0 Å². The fourth-order valence-electron chi connectivity index (χ4n) is 2.49. The quantitative estimate of drug-likeness (QED) is 0.923. The summed E-state index contributed by atoms with van der Waals surface area (Å²) in [5.74, 6) is -0.879. The van der Waals surface area contributed by atoms with Gasteiger partial charge in [0.2, 0.25) is 0 Å². The second-order valence-corrected chi connectivity index (χ2v) is 5.58. The number of rotatable bonds is 4. The van der Waals surface area contributed by atoms with Gasteiger partial charge >= 0.3 is 5.97 Å². The van der Waals surface area contributed by atoms with E-state index in [0.717, 1.165) is 17.4 Å². The van der Waals surface area contributed by atoms with Crippen LogP contribution in [0.3, 0.4) is 0 Å². The molecule has 1 N–H and O–H groups in total. The fourth-order valence-corrected chi connectivity index (χ4v) is 2.76. The third-order valence-corrected chi connectivity index (χ3v) is 3.98. The number of carboxylic acids is 1. The zero-order chi connectivity index (χ0) is 13.8. The first kappa shape index (κ1) is 14.5. The van der Waals surface area contributed by atoms with E-state index in [2.05, 4.69) is 39.9 Å². The highest BCUT2D eigenvalue weighted by atomic mass is 79.9. The van der Waals surface area contributed by atoms with Gasteiger partial charge in [-0.3, -0.25) is 4.90 Å². The molecule has 0 aromatic heterocycles. The van der Waals surface area contributed by atoms with E-state index < -0.39 is 12.1 Å². The summed E-state index contributed by atoms with van der Waals surface area (Å²) in [7, 11) is 0. The van der Waals surface area contributed by atoms with Crippen LogP contribution < -0.4 is 0 Å². The van der Waals surface area contributed by atoms with Crippen LogP contribution >= 0.6 is 15.9 Å². The maximum atomic E-state index is 11.0. The molecule has 0 saturated carbocycles. The first-order valence-electron chi connectivity index (χ1n) is 6.45. The lowest BCUT2D eigenvalue weighted by Gasteiger charge is -2.36. The topological polar surface area (TPSA) is 49.8 Å². The Balaban J connectivity index is 2.12. The zero-order valence-electron chi connectivity index (χ0n) is 10.9. The van der Waals surface area contributed by atoms with Gasteiger partial charge in [0.1, 0.15) is 0 Å². The SMILES string of the molecule is CCC(c1ccc(Br)cc1)N1CCOC(C(=O)O)C1. The molecule has 5 heteroatoms. The number of morpholine rings is 1. The van der Waals surface area contributed by atoms with Crippen molar-refractivity contribution in [1.82, 2.24) is 4.90 Å². The van der Waals surface area contributed by atoms with Crippen molar-refractivity contribution in [2.45, 2.75) is 25.5 Å². The van der Waals surface area contributed by atoms with Crippen molar-refractivity contribution in [2.75, 3.05) is 19.7 Å². The molecule has 104 valence electrons. The summed E-state index contributed by atoms with van der Waals surface area (Å²) < 4.78 is 6.32. The van der Waals surface area contributed by atoms with Crippen LogP contribution in [0.25, 0.3) is 0 Å². The molecule has 1 fully saturated rings. The van der Waals surface area contributed by atoms with Crippen LogP contribution in [0.15, 0.2) is 28.7 Å². The Labute approximate surface area is 121 Å². The second-order valence-electron chi connectivity index (χ2n) is 4.67. The molecule has 19 heavy (non-hydrogen) atoms. The number of ether oxygens (including phenoxy) is 1. The molecular weight excluding hydrogens is 310 g/mol. The van der Waals surface area contributed by atoms with Crippen LogP contribution in [0.1, 0.15) is 24.9 Å². The van der Waals surface area contributed by atoms with Gasteiger partial charge in [0.05, 0.1) is 6.61 Å². The minimum absolute atomic E-state index is 0.249. The number of hydrogen-bond donors (Lipinski definition) is 1. The van der Waals surface area contributed by atoms with Gasteiger partial charge in [-0.1, -0.05) is 35.0 Å². The van der Waals surface area contributed by atoms with E-state index in [1.807, 2.05) is 12.1 Å². The highest BCUT2D eigenvalue weighted by molar-refractivity contribution is 9.10. The molecule has 4 nitrogen and oxygen atoms in total. The Morgan fingerprint density at radius 3 is 2.79 bits per heavy atom. The van der Waals surface area contributed by atoms with Crippen molar-refractivity contribution >= 4 is 21.9 Å². The van der Waals surface area contributed by atoms with Crippen molar-refractivity contribution in [3.8, 4) is 0 Å². The lowest BCUT2D eigenvalue weighted by Crippen LogP contribution is -2.47. The van der Waals surface area contributed by atoms with Crippen molar-refractivity contribution < 1.29 is 14.6 Å². The number of carbonyl (C=O) groups is 1. The van der Waals surface area contributed by atoms with E-state index in [0.29, 0.717) is 13.2 Å². The summed E-state index contributed by atoms with van der Waals surface area (Å²) in [5.41, 5.74) is 1.22. The minimum atomic E-state index is -0.879. The zero-order valence-corrected chi connectivity index (χ0v) is 12.5. The predicted octanol–water partition coefficient (Wildman–Crippen LogP) is 2.69. The molecule has 1 aromatic rings. The highest BCUT2D eigenvalue weighted by Gasteiger charge is 2.30. The summed E-state index contributed by atoms with van der Waals surface area (Å²) in [4.78, 5) is 13.2. The normalized spacial score (nSPS) is 22.1.